The molecule has 1 saturated carbocycles. The lowest BCUT2D eigenvalue weighted by Gasteiger charge is -2.31. The summed E-state index contributed by atoms with van der Waals surface area (Å²) in [6, 6.07) is 12.2. The van der Waals surface area contributed by atoms with Gasteiger partial charge >= 0.3 is 5.97 Å². The molecule has 1 saturated heterocycles. The molecule has 1 amide bonds. The minimum atomic E-state index is -0.324. The number of carbonyl (C=O) groups excluding carboxylic acids is 3. The fourth-order valence-electron chi connectivity index (χ4n) is 4.57. The van der Waals surface area contributed by atoms with Gasteiger partial charge in [0, 0.05) is 42.5 Å². The first-order valence-electron chi connectivity index (χ1n) is 11.6. The molecule has 1 aromatic carbocycles. The molecule has 0 N–H and O–H groups in total. The Labute approximate surface area is 189 Å². The van der Waals surface area contributed by atoms with Crippen LogP contribution in [0.2, 0.25) is 0 Å². The molecule has 0 atom stereocenters. The normalized spacial score (nSPS) is 16.8. The minimum absolute atomic E-state index is 0.168. The molecule has 4 rings (SSSR count). The van der Waals surface area contributed by atoms with Crippen LogP contribution in [0.4, 0.5) is 0 Å². The van der Waals surface area contributed by atoms with Gasteiger partial charge in [0.2, 0.25) is 11.7 Å². The Morgan fingerprint density at radius 2 is 1.66 bits per heavy atom. The number of hydrogen-bond acceptors (Lipinski definition) is 4. The van der Waals surface area contributed by atoms with E-state index in [1.54, 1.807) is 0 Å². The molecule has 0 bridgehead atoms. The van der Waals surface area contributed by atoms with Crippen molar-refractivity contribution in [3.8, 4) is 0 Å². The second-order valence-corrected chi connectivity index (χ2v) is 9.08. The molecule has 2 aromatic rings. The number of ether oxygens (including phenoxy) is 1. The Morgan fingerprint density at radius 3 is 2.31 bits per heavy atom. The Hall–Kier alpha value is -2.89. The summed E-state index contributed by atoms with van der Waals surface area (Å²) in [5.74, 6) is -0.282. The largest absolute Gasteiger partial charge is 0.457 e. The smallest absolute Gasteiger partial charge is 0.309 e. The highest BCUT2D eigenvalue weighted by Gasteiger charge is 2.36. The lowest BCUT2D eigenvalue weighted by Crippen LogP contribution is -2.41. The number of nitrogens with zero attached hydrogens (tertiary/aromatic N) is 2. The molecule has 2 aliphatic rings. The van der Waals surface area contributed by atoms with Gasteiger partial charge in [0.05, 0.1) is 5.92 Å². The van der Waals surface area contributed by atoms with E-state index in [-0.39, 0.29) is 36.1 Å². The van der Waals surface area contributed by atoms with Gasteiger partial charge in [0.15, 0.2) is 6.61 Å². The summed E-state index contributed by atoms with van der Waals surface area (Å²) >= 11 is 0. The second kappa shape index (κ2) is 9.72. The lowest BCUT2D eigenvalue weighted by atomic mass is 9.96. The topological polar surface area (TPSA) is 68.6 Å². The SMILES string of the molecule is Cc1cc(C(=O)COC(=O)C2CCN(C(=O)C3CC3)CC2)c(C)n1CCc1ccccc1. The molecule has 6 heteroatoms. The summed E-state index contributed by atoms with van der Waals surface area (Å²) in [7, 11) is 0. The van der Waals surface area contributed by atoms with E-state index < -0.39 is 0 Å². The van der Waals surface area contributed by atoms with Crippen LogP contribution in [0.1, 0.15) is 53.0 Å². The third-order valence-electron chi connectivity index (χ3n) is 6.75. The van der Waals surface area contributed by atoms with E-state index >= 15 is 0 Å². The highest BCUT2D eigenvalue weighted by molar-refractivity contribution is 5.99. The fourth-order valence-corrected chi connectivity index (χ4v) is 4.57. The zero-order valence-corrected chi connectivity index (χ0v) is 19.0. The van der Waals surface area contributed by atoms with E-state index in [2.05, 4.69) is 16.7 Å². The first-order valence-corrected chi connectivity index (χ1v) is 11.6. The molecule has 2 fully saturated rings. The number of rotatable bonds is 8. The van der Waals surface area contributed by atoms with Crippen molar-refractivity contribution in [3.63, 3.8) is 0 Å². The van der Waals surface area contributed by atoms with Crippen LogP contribution in [0, 0.1) is 25.7 Å². The summed E-state index contributed by atoms with van der Waals surface area (Å²) in [4.78, 5) is 39.3. The summed E-state index contributed by atoms with van der Waals surface area (Å²) in [5.41, 5.74) is 3.81. The summed E-state index contributed by atoms with van der Waals surface area (Å²) in [6.45, 7) is 5.71. The van der Waals surface area contributed by atoms with Gasteiger partial charge < -0.3 is 14.2 Å². The van der Waals surface area contributed by atoms with E-state index in [0.29, 0.717) is 31.5 Å². The van der Waals surface area contributed by atoms with Crippen LogP contribution in [0.25, 0.3) is 0 Å². The zero-order chi connectivity index (χ0) is 22.7. The number of aromatic nitrogens is 1. The van der Waals surface area contributed by atoms with E-state index in [1.165, 1.54) is 5.56 Å². The van der Waals surface area contributed by atoms with Gasteiger partial charge in [-0.05, 0) is 57.6 Å². The van der Waals surface area contributed by atoms with Gasteiger partial charge in [0.1, 0.15) is 0 Å². The average molecular weight is 437 g/mol. The molecule has 0 spiro atoms. The third kappa shape index (κ3) is 5.12. The number of carbonyl (C=O) groups is 3. The molecule has 1 aliphatic carbocycles. The van der Waals surface area contributed by atoms with E-state index in [0.717, 1.165) is 37.2 Å². The van der Waals surface area contributed by atoms with E-state index in [9.17, 15) is 14.4 Å². The maximum absolute atomic E-state index is 12.8. The molecular weight excluding hydrogens is 404 g/mol. The van der Waals surface area contributed by atoms with Crippen LogP contribution in [-0.2, 0) is 27.3 Å². The Balaban J connectivity index is 1.27. The Morgan fingerprint density at radius 1 is 0.969 bits per heavy atom. The van der Waals surface area contributed by atoms with Gasteiger partial charge in [-0.1, -0.05) is 30.3 Å². The number of ketones is 1. The molecule has 2 heterocycles. The summed E-state index contributed by atoms with van der Waals surface area (Å²) in [6.07, 6.45) is 4.10. The molecular formula is C26H32N2O4. The predicted octanol–water partition coefficient (Wildman–Crippen LogP) is 3.72. The van der Waals surface area contributed by atoms with Crippen LogP contribution in [-0.4, -0.2) is 46.8 Å². The number of likely N-dealkylation sites (tertiary alicyclic amines) is 1. The number of Topliss-reactive ketones (excluding diaryl/α,β-unsaturated/α-hetero) is 1. The van der Waals surface area contributed by atoms with Crippen LogP contribution >= 0.6 is 0 Å². The van der Waals surface area contributed by atoms with Gasteiger partial charge in [-0.15, -0.1) is 0 Å². The van der Waals surface area contributed by atoms with Crippen molar-refractivity contribution in [1.82, 2.24) is 9.47 Å². The number of esters is 1. The van der Waals surface area contributed by atoms with Gasteiger partial charge in [-0.25, -0.2) is 0 Å². The van der Waals surface area contributed by atoms with Crippen LogP contribution < -0.4 is 0 Å². The minimum Gasteiger partial charge on any atom is -0.457 e. The monoisotopic (exact) mass is 436 g/mol. The maximum Gasteiger partial charge on any atom is 0.309 e. The van der Waals surface area contributed by atoms with Crippen molar-refractivity contribution < 1.29 is 19.1 Å². The van der Waals surface area contributed by atoms with Crippen molar-refractivity contribution in [2.75, 3.05) is 19.7 Å². The number of benzene rings is 1. The van der Waals surface area contributed by atoms with E-state index in [1.807, 2.05) is 43.0 Å². The number of piperidine rings is 1. The molecule has 32 heavy (non-hydrogen) atoms. The van der Waals surface area contributed by atoms with Crippen molar-refractivity contribution in [2.45, 2.75) is 52.5 Å². The summed E-state index contributed by atoms with van der Waals surface area (Å²) < 4.78 is 7.53. The van der Waals surface area contributed by atoms with Gasteiger partial charge in [-0.3, -0.25) is 14.4 Å². The standard InChI is InChI=1S/C26H32N2O4/c1-18-16-23(19(2)28(18)15-10-20-6-4-3-5-7-20)24(29)17-32-26(31)22-11-13-27(14-12-22)25(30)21-8-9-21/h3-7,16,21-22H,8-15,17H2,1-2H3. The molecule has 1 aromatic heterocycles. The van der Waals surface area contributed by atoms with Crippen molar-refractivity contribution in [3.05, 3.63) is 58.9 Å². The average Bonchev–Trinajstić information content (AvgIpc) is 3.62. The highest BCUT2D eigenvalue weighted by Crippen LogP contribution is 2.32. The van der Waals surface area contributed by atoms with Crippen LogP contribution in [0.5, 0.6) is 0 Å². The second-order valence-electron chi connectivity index (χ2n) is 9.08. The maximum atomic E-state index is 12.8. The predicted molar refractivity (Wildman–Crippen MR) is 121 cm³/mol. The molecule has 1 aliphatic heterocycles. The molecule has 0 radical (unpaired) electrons. The first-order chi connectivity index (χ1) is 15.4. The quantitative estimate of drug-likeness (QED) is 0.467. The van der Waals surface area contributed by atoms with Crippen LogP contribution in [0.15, 0.2) is 36.4 Å². The zero-order valence-electron chi connectivity index (χ0n) is 19.0. The number of aryl methyl sites for hydroxylation is 2. The Bertz CT molecular complexity index is 983. The fraction of sp³-hybridized carbons (Fsp3) is 0.500. The lowest BCUT2D eigenvalue weighted by molar-refractivity contribution is -0.150. The highest BCUT2D eigenvalue weighted by atomic mass is 16.5. The first kappa shape index (κ1) is 22.3. The molecule has 170 valence electrons. The van der Waals surface area contributed by atoms with Crippen molar-refractivity contribution >= 4 is 17.7 Å². The molecule has 6 nitrogen and oxygen atoms in total. The van der Waals surface area contributed by atoms with Crippen LogP contribution in [0.3, 0.4) is 0 Å². The van der Waals surface area contributed by atoms with Crippen molar-refractivity contribution in [2.24, 2.45) is 11.8 Å². The number of amides is 1. The molecule has 0 unspecified atom stereocenters. The van der Waals surface area contributed by atoms with Gasteiger partial charge in [-0.2, -0.15) is 0 Å². The van der Waals surface area contributed by atoms with Gasteiger partial charge in [0.25, 0.3) is 0 Å². The number of hydrogen-bond donors (Lipinski definition) is 0. The summed E-state index contributed by atoms with van der Waals surface area (Å²) in [5, 5.41) is 0. The van der Waals surface area contributed by atoms with E-state index in [4.69, 9.17) is 4.74 Å². The van der Waals surface area contributed by atoms with Crippen molar-refractivity contribution in [1.29, 1.82) is 0 Å². The Kier molecular flexibility index (Phi) is 6.77. The third-order valence-corrected chi connectivity index (χ3v) is 6.75.